The van der Waals surface area contributed by atoms with Gasteiger partial charge in [0.15, 0.2) is 0 Å². The Hall–Kier alpha value is -7.26. The molecule has 1 aliphatic carbocycles. The molecule has 0 amide bonds. The third-order valence-corrected chi connectivity index (χ3v) is 12.8. The molecule has 0 saturated heterocycles. The molecule has 0 aliphatic heterocycles. The molecule has 1 aliphatic rings. The monoisotopic (exact) mass is 861 g/mol. The Labute approximate surface area is 394 Å². The molecule has 0 radical (unpaired) electrons. The number of aryl methyl sites for hydroxylation is 5. The number of benzene rings is 9. The van der Waals surface area contributed by atoms with Crippen LogP contribution in [0.15, 0.2) is 182 Å². The molecule has 1 atom stereocenters. The molecule has 9 aromatic carbocycles. The lowest BCUT2D eigenvalue weighted by Crippen LogP contribution is -2.15. The highest BCUT2D eigenvalue weighted by Gasteiger charge is 2.36. The van der Waals surface area contributed by atoms with Crippen molar-refractivity contribution in [2.24, 2.45) is 0 Å². The van der Waals surface area contributed by atoms with Crippen LogP contribution in [0.2, 0.25) is 0 Å². The van der Waals surface area contributed by atoms with Crippen molar-refractivity contribution in [1.29, 1.82) is 10.5 Å². The molecule has 9 aromatic rings. The molecule has 0 aromatic heterocycles. The normalized spacial score (nSPS) is 11.9. The summed E-state index contributed by atoms with van der Waals surface area (Å²) in [5, 5.41) is 25.4. The largest absolute Gasteiger partial charge is 0.192 e. The first-order valence-corrected chi connectivity index (χ1v) is 23.4. The maximum absolute atomic E-state index is 9.07. The summed E-state index contributed by atoms with van der Waals surface area (Å²) in [6.07, 6.45) is 3.33. The molecule has 0 spiro atoms. The summed E-state index contributed by atoms with van der Waals surface area (Å²) in [6.45, 7) is 19.9. The summed E-state index contributed by atoms with van der Waals surface area (Å²) in [6, 6.07) is 67.4. The number of nitrogens with zero attached hydrogens (tertiary/aromatic N) is 2. The highest BCUT2D eigenvalue weighted by molar-refractivity contribution is 6.04. The second-order valence-electron chi connectivity index (χ2n) is 18.0. The van der Waals surface area contributed by atoms with Gasteiger partial charge in [0.2, 0.25) is 0 Å². The molecule has 2 heteroatoms. The van der Waals surface area contributed by atoms with Gasteiger partial charge in [-0.1, -0.05) is 228 Å². The Morgan fingerprint density at radius 1 is 0.470 bits per heavy atom. The topological polar surface area (TPSA) is 47.6 Å². The molecule has 0 heterocycles. The van der Waals surface area contributed by atoms with E-state index >= 15 is 0 Å². The number of rotatable bonds is 4. The van der Waals surface area contributed by atoms with Gasteiger partial charge in [0.25, 0.3) is 0 Å². The zero-order chi connectivity index (χ0) is 47.2. The van der Waals surface area contributed by atoms with Crippen LogP contribution >= 0.6 is 0 Å². The smallest absolute Gasteiger partial charge is 0.0998 e. The first kappa shape index (κ1) is 48.2. The van der Waals surface area contributed by atoms with Crippen molar-refractivity contribution in [2.45, 2.75) is 92.9 Å². The van der Waals surface area contributed by atoms with E-state index in [0.717, 1.165) is 41.2 Å². The molecule has 0 saturated carbocycles. The minimum atomic E-state index is 0.0888. The van der Waals surface area contributed by atoms with E-state index in [9.17, 15) is 0 Å². The second-order valence-corrected chi connectivity index (χ2v) is 18.0. The third-order valence-electron chi connectivity index (χ3n) is 12.8. The Morgan fingerprint density at radius 2 is 0.955 bits per heavy atom. The quantitative estimate of drug-likeness (QED) is 0.177. The van der Waals surface area contributed by atoms with Crippen molar-refractivity contribution in [3.63, 3.8) is 0 Å². The fourth-order valence-corrected chi connectivity index (χ4v) is 8.96. The van der Waals surface area contributed by atoms with E-state index in [0.29, 0.717) is 5.92 Å². The highest BCUT2D eigenvalue weighted by atomic mass is 14.4. The summed E-state index contributed by atoms with van der Waals surface area (Å²) < 4.78 is 0. The Bertz CT molecular complexity index is 3090. The van der Waals surface area contributed by atoms with Crippen LogP contribution < -0.4 is 0 Å². The molecule has 330 valence electrons. The van der Waals surface area contributed by atoms with Gasteiger partial charge in [0.1, 0.15) is 0 Å². The lowest BCUT2D eigenvalue weighted by atomic mass is 9.81. The fourth-order valence-electron chi connectivity index (χ4n) is 8.96. The minimum Gasteiger partial charge on any atom is -0.192 e. The van der Waals surface area contributed by atoms with Crippen LogP contribution in [0.5, 0.6) is 0 Å². The van der Waals surface area contributed by atoms with E-state index in [1.165, 1.54) is 77.2 Å². The first-order chi connectivity index (χ1) is 31.9. The molecule has 66 heavy (non-hydrogen) atoms. The molecule has 2 nitrogen and oxygen atoms in total. The number of hydrogen-bond acceptors (Lipinski definition) is 2. The van der Waals surface area contributed by atoms with Crippen LogP contribution in [0.3, 0.4) is 0 Å². The minimum absolute atomic E-state index is 0.0888. The molecular formula is C64H64N2. The molecule has 0 fully saturated rings. The van der Waals surface area contributed by atoms with E-state index in [-0.39, 0.29) is 5.41 Å². The Kier molecular flexibility index (Phi) is 16.5. The number of nitriles is 2. The zero-order valence-corrected chi connectivity index (χ0v) is 40.4. The lowest BCUT2D eigenvalue weighted by molar-refractivity contribution is 0.659. The molecular weight excluding hydrogens is 797 g/mol. The number of fused-ring (bicyclic) bond motifs is 7. The lowest BCUT2D eigenvalue weighted by Gasteiger charge is -2.22. The van der Waals surface area contributed by atoms with Crippen LogP contribution in [0.1, 0.15) is 109 Å². The van der Waals surface area contributed by atoms with Crippen molar-refractivity contribution in [1.82, 2.24) is 0 Å². The maximum Gasteiger partial charge on any atom is 0.0998 e. The van der Waals surface area contributed by atoms with Gasteiger partial charge >= 0.3 is 0 Å². The fraction of sp³-hybridized carbons (Fsp3) is 0.219. The first-order valence-electron chi connectivity index (χ1n) is 23.4. The van der Waals surface area contributed by atoms with Crippen LogP contribution in [0.4, 0.5) is 0 Å². The summed E-state index contributed by atoms with van der Waals surface area (Å²) in [5.74, 6) is 0.539. The van der Waals surface area contributed by atoms with Gasteiger partial charge < -0.3 is 0 Å². The van der Waals surface area contributed by atoms with E-state index in [4.69, 9.17) is 10.5 Å². The van der Waals surface area contributed by atoms with E-state index in [1.807, 2.05) is 84.9 Å². The van der Waals surface area contributed by atoms with Crippen molar-refractivity contribution >= 4 is 32.3 Å². The van der Waals surface area contributed by atoms with Gasteiger partial charge in [0.05, 0.1) is 23.3 Å². The van der Waals surface area contributed by atoms with Crippen molar-refractivity contribution < 1.29 is 0 Å². The van der Waals surface area contributed by atoms with E-state index in [2.05, 4.69) is 172 Å². The maximum atomic E-state index is 9.07. The predicted octanol–water partition coefficient (Wildman–Crippen LogP) is 17.6. The van der Waals surface area contributed by atoms with Gasteiger partial charge in [-0.25, -0.2) is 0 Å². The molecule has 1 unspecified atom stereocenters. The van der Waals surface area contributed by atoms with Crippen molar-refractivity contribution in [3.8, 4) is 23.3 Å². The summed E-state index contributed by atoms with van der Waals surface area (Å²) in [5.41, 5.74) is 15.5. The van der Waals surface area contributed by atoms with Crippen molar-refractivity contribution in [3.05, 3.63) is 238 Å². The molecule has 0 bridgehead atoms. The van der Waals surface area contributed by atoms with Crippen LogP contribution in [0.25, 0.3) is 43.4 Å². The second kappa shape index (κ2) is 22.6. The summed E-state index contributed by atoms with van der Waals surface area (Å²) >= 11 is 0. The van der Waals surface area contributed by atoms with Crippen molar-refractivity contribution in [2.75, 3.05) is 0 Å². The standard InChI is InChI=1S/C21H20.C15H15N.C14H13N.2C7H8/c1-13-9-10-17-18(11-13)21(3,4)19-12-14(2)15-7-5-6-8-16(15)20(17)19;1-3-11(2)13-9-8-12(10-16)14-6-4-5-7-15(13)14;1-2-5-11-8-9-12(10-15)14-7-4-3-6-13(11)14;2*1-7-5-3-2-4-6-7/h5-12H,1-4H3;4-9,11H,3H2,1-2H3;3-4,6-9H,2,5H2,1H3;2*2-6H,1H3. The summed E-state index contributed by atoms with van der Waals surface area (Å²) in [4.78, 5) is 0. The van der Waals surface area contributed by atoms with Gasteiger partial charge in [-0.3, -0.25) is 0 Å². The van der Waals surface area contributed by atoms with Crippen LogP contribution in [-0.4, -0.2) is 0 Å². The SMILES string of the molecule is CCC(C)c1ccc(C#N)c2ccccc12.CCCc1ccc(C#N)c2ccccc12.Cc1ccc2c(c1)C(C)(C)c1cc(C)c3ccccc3c1-2.Cc1ccccc1.Cc1ccccc1. The number of hydrogen-bond donors (Lipinski definition) is 0. The van der Waals surface area contributed by atoms with Crippen LogP contribution in [-0.2, 0) is 11.8 Å². The third kappa shape index (κ3) is 11.2. The highest BCUT2D eigenvalue weighted by Crippen LogP contribution is 2.52. The van der Waals surface area contributed by atoms with Gasteiger partial charge in [-0.2, -0.15) is 10.5 Å². The Balaban J connectivity index is 0.000000144. The predicted molar refractivity (Wildman–Crippen MR) is 283 cm³/mol. The molecule has 0 N–H and O–H groups in total. The Morgan fingerprint density at radius 3 is 1.47 bits per heavy atom. The van der Waals surface area contributed by atoms with Gasteiger partial charge in [-0.05, 0) is 130 Å². The zero-order valence-electron chi connectivity index (χ0n) is 40.4. The van der Waals surface area contributed by atoms with E-state index < -0.39 is 0 Å². The van der Waals surface area contributed by atoms with Gasteiger partial charge in [-0.15, -0.1) is 0 Å². The van der Waals surface area contributed by atoms with E-state index in [1.54, 1.807) is 0 Å². The molecule has 10 rings (SSSR count). The average molecular weight is 861 g/mol. The van der Waals surface area contributed by atoms with Gasteiger partial charge in [0, 0.05) is 5.41 Å². The van der Waals surface area contributed by atoms with Crippen LogP contribution in [0, 0.1) is 50.4 Å². The average Bonchev–Trinajstić information content (AvgIpc) is 3.57. The summed E-state index contributed by atoms with van der Waals surface area (Å²) in [7, 11) is 0.